The fraction of sp³-hybridized carbons (Fsp3) is 0.645. The van der Waals surface area contributed by atoms with Crippen LogP contribution < -0.4 is 9.47 Å². The molecule has 3 heterocycles. The molecule has 2 aliphatic heterocycles. The van der Waals surface area contributed by atoms with Crippen LogP contribution in [0.15, 0.2) is 22.7 Å². The summed E-state index contributed by atoms with van der Waals surface area (Å²) >= 11 is 0. The molecule has 232 valence electrons. The van der Waals surface area contributed by atoms with Crippen LogP contribution in [-0.2, 0) is 22.6 Å². The van der Waals surface area contributed by atoms with Gasteiger partial charge in [-0.25, -0.2) is 4.98 Å². The molecule has 0 unspecified atom stereocenters. The standard InChI is InChI=1S/C31H46N4O7/c1-6-7-11-33(12-8-13-35(3,4)5)28(37)18-34-17-24(22-14-23(19-36)30-26(15-22)40-20-41-30)29(31(38)39)25(34)9-10-27-32-16-21(2)42-27/h14-16,24-25,29,36H,6-13,17-20H2,1-5H3/p+1/t24-,25+,29-/m1/s1. The molecule has 1 aromatic carbocycles. The maximum absolute atomic E-state index is 13.8. The first-order valence-corrected chi connectivity index (χ1v) is 15.0. The van der Waals surface area contributed by atoms with E-state index in [2.05, 4.69) is 33.1 Å². The van der Waals surface area contributed by atoms with Crippen molar-refractivity contribution in [3.8, 4) is 11.5 Å². The van der Waals surface area contributed by atoms with E-state index in [0.717, 1.165) is 35.9 Å². The third-order valence-corrected chi connectivity index (χ3v) is 8.26. The van der Waals surface area contributed by atoms with E-state index in [9.17, 15) is 19.8 Å². The minimum Gasteiger partial charge on any atom is -0.481 e. The Morgan fingerprint density at radius 1 is 1.17 bits per heavy atom. The lowest BCUT2D eigenvalue weighted by Crippen LogP contribution is -2.45. The second kappa shape index (κ2) is 13.9. The third-order valence-electron chi connectivity index (χ3n) is 8.26. The zero-order valence-electron chi connectivity index (χ0n) is 25.7. The number of aryl methyl sites for hydroxylation is 2. The van der Waals surface area contributed by atoms with Crippen molar-refractivity contribution in [1.82, 2.24) is 14.8 Å². The van der Waals surface area contributed by atoms with Crippen molar-refractivity contribution in [2.45, 2.75) is 64.5 Å². The molecule has 2 aliphatic rings. The number of aliphatic hydroxyl groups is 1. The third kappa shape index (κ3) is 7.81. The number of amides is 1. The van der Waals surface area contributed by atoms with Gasteiger partial charge in [-0.3, -0.25) is 14.5 Å². The summed E-state index contributed by atoms with van der Waals surface area (Å²) in [5.74, 6) is 0.178. The molecule has 11 nitrogen and oxygen atoms in total. The Morgan fingerprint density at radius 3 is 2.57 bits per heavy atom. The van der Waals surface area contributed by atoms with Crippen molar-refractivity contribution < 1.29 is 38.2 Å². The summed E-state index contributed by atoms with van der Waals surface area (Å²) in [6.07, 6.45) is 5.41. The summed E-state index contributed by atoms with van der Waals surface area (Å²) in [6, 6.07) is 3.22. The average molecular weight is 588 g/mol. The number of nitrogens with zero attached hydrogens (tertiary/aromatic N) is 4. The van der Waals surface area contributed by atoms with E-state index >= 15 is 0 Å². The Morgan fingerprint density at radius 2 is 1.93 bits per heavy atom. The normalized spacial score (nSPS) is 20.3. The molecule has 2 aromatic rings. The van der Waals surface area contributed by atoms with Crippen LogP contribution in [0.25, 0.3) is 0 Å². The van der Waals surface area contributed by atoms with Gasteiger partial charge in [-0.1, -0.05) is 13.3 Å². The van der Waals surface area contributed by atoms with Crippen molar-refractivity contribution >= 4 is 11.9 Å². The number of aliphatic carboxylic acids is 1. The van der Waals surface area contributed by atoms with Crippen LogP contribution in [0.2, 0.25) is 0 Å². The van der Waals surface area contributed by atoms with Gasteiger partial charge in [0.2, 0.25) is 12.7 Å². The Labute approximate surface area is 248 Å². The molecule has 4 rings (SSSR count). The number of carboxylic acid groups (broad SMARTS) is 1. The highest BCUT2D eigenvalue weighted by Gasteiger charge is 2.47. The maximum Gasteiger partial charge on any atom is 0.308 e. The number of carbonyl (C=O) groups is 2. The summed E-state index contributed by atoms with van der Waals surface area (Å²) in [7, 11) is 6.44. The van der Waals surface area contributed by atoms with Gasteiger partial charge in [-0.2, -0.15) is 0 Å². The van der Waals surface area contributed by atoms with Crippen LogP contribution in [0, 0.1) is 12.8 Å². The minimum atomic E-state index is -0.919. The first kappa shape index (κ1) is 31.8. The lowest BCUT2D eigenvalue weighted by atomic mass is 9.83. The van der Waals surface area contributed by atoms with Crippen molar-refractivity contribution in [2.75, 3.05) is 60.7 Å². The molecule has 1 saturated heterocycles. The van der Waals surface area contributed by atoms with Gasteiger partial charge in [0.25, 0.3) is 0 Å². The van der Waals surface area contributed by atoms with Crippen LogP contribution in [0.4, 0.5) is 0 Å². The summed E-state index contributed by atoms with van der Waals surface area (Å²) in [5.41, 5.74) is 1.32. The lowest BCUT2D eigenvalue weighted by molar-refractivity contribution is -0.870. The molecule has 3 atom stereocenters. The van der Waals surface area contributed by atoms with Crippen molar-refractivity contribution in [3.63, 3.8) is 0 Å². The number of carboxylic acids is 1. The summed E-state index contributed by atoms with van der Waals surface area (Å²) in [5, 5.41) is 20.5. The highest BCUT2D eigenvalue weighted by atomic mass is 16.7. The molecule has 11 heteroatoms. The summed E-state index contributed by atoms with van der Waals surface area (Å²) in [4.78, 5) is 35.0. The zero-order valence-corrected chi connectivity index (χ0v) is 25.7. The van der Waals surface area contributed by atoms with Gasteiger partial charge >= 0.3 is 5.97 Å². The number of benzene rings is 1. The van der Waals surface area contributed by atoms with E-state index in [-0.39, 0.29) is 25.9 Å². The molecular formula is C31H47N4O7+. The average Bonchev–Trinajstić information content (AvgIpc) is 3.66. The quantitative estimate of drug-likeness (QED) is 0.303. The molecule has 1 fully saturated rings. The van der Waals surface area contributed by atoms with E-state index in [0.29, 0.717) is 61.2 Å². The van der Waals surface area contributed by atoms with E-state index in [1.807, 2.05) is 28.9 Å². The zero-order chi connectivity index (χ0) is 30.4. The van der Waals surface area contributed by atoms with Crippen molar-refractivity contribution in [2.24, 2.45) is 5.92 Å². The monoisotopic (exact) mass is 587 g/mol. The number of carbonyl (C=O) groups excluding carboxylic acids is 1. The predicted octanol–water partition coefficient (Wildman–Crippen LogP) is 3.03. The highest BCUT2D eigenvalue weighted by molar-refractivity contribution is 5.79. The second-order valence-electron chi connectivity index (χ2n) is 12.5. The van der Waals surface area contributed by atoms with Crippen LogP contribution in [0.1, 0.15) is 61.3 Å². The van der Waals surface area contributed by atoms with Crippen LogP contribution in [-0.4, -0.2) is 108 Å². The molecule has 1 amide bonds. The number of rotatable bonds is 15. The maximum atomic E-state index is 13.8. The Kier molecular flexibility index (Phi) is 10.5. The largest absolute Gasteiger partial charge is 0.481 e. The highest BCUT2D eigenvalue weighted by Crippen LogP contribution is 2.44. The number of fused-ring (bicyclic) bond motifs is 1. The van der Waals surface area contributed by atoms with Crippen LogP contribution in [0.5, 0.6) is 11.5 Å². The summed E-state index contributed by atoms with van der Waals surface area (Å²) in [6.45, 7) is 6.60. The number of aromatic nitrogens is 1. The van der Waals surface area contributed by atoms with Crippen LogP contribution in [0.3, 0.4) is 0 Å². The van der Waals surface area contributed by atoms with E-state index < -0.39 is 23.8 Å². The molecule has 0 radical (unpaired) electrons. The Balaban J connectivity index is 1.61. The number of likely N-dealkylation sites (tertiary alicyclic amines) is 1. The van der Waals surface area contributed by atoms with Gasteiger partial charge < -0.3 is 33.5 Å². The smallest absolute Gasteiger partial charge is 0.308 e. The first-order valence-electron chi connectivity index (χ1n) is 15.0. The number of hydrogen-bond acceptors (Lipinski definition) is 8. The fourth-order valence-corrected chi connectivity index (χ4v) is 6.14. The molecule has 0 bridgehead atoms. The van der Waals surface area contributed by atoms with E-state index in [1.165, 1.54) is 0 Å². The fourth-order valence-electron chi connectivity index (χ4n) is 6.14. The number of hydrogen-bond donors (Lipinski definition) is 2. The van der Waals surface area contributed by atoms with E-state index in [1.54, 1.807) is 6.20 Å². The molecule has 0 aliphatic carbocycles. The number of unbranched alkanes of at least 4 members (excludes halogenated alkanes) is 1. The number of aliphatic hydroxyl groups excluding tert-OH is 1. The van der Waals surface area contributed by atoms with Gasteiger partial charge in [-0.15, -0.1) is 0 Å². The number of quaternary nitrogens is 1. The minimum absolute atomic E-state index is 0.0216. The number of ether oxygens (including phenoxy) is 2. The van der Waals surface area contributed by atoms with Gasteiger partial charge in [0.1, 0.15) is 5.76 Å². The molecule has 2 N–H and O–H groups in total. The predicted molar refractivity (Wildman–Crippen MR) is 156 cm³/mol. The second-order valence-corrected chi connectivity index (χ2v) is 12.5. The van der Waals surface area contributed by atoms with Gasteiger partial charge in [-0.05, 0) is 37.5 Å². The van der Waals surface area contributed by atoms with E-state index in [4.69, 9.17) is 13.9 Å². The summed E-state index contributed by atoms with van der Waals surface area (Å²) < 4.78 is 17.7. The van der Waals surface area contributed by atoms with Gasteiger partial charge in [0, 0.05) is 50.0 Å². The van der Waals surface area contributed by atoms with Crippen LogP contribution >= 0.6 is 0 Å². The topological polar surface area (TPSA) is 126 Å². The lowest BCUT2D eigenvalue weighted by Gasteiger charge is -2.30. The molecule has 42 heavy (non-hydrogen) atoms. The first-order chi connectivity index (χ1) is 20.0. The Bertz CT molecular complexity index is 1220. The molecule has 0 spiro atoms. The van der Waals surface area contributed by atoms with Gasteiger partial charge in [0.05, 0.1) is 53.0 Å². The van der Waals surface area contributed by atoms with Crippen molar-refractivity contribution in [3.05, 3.63) is 41.1 Å². The number of oxazole rings is 1. The van der Waals surface area contributed by atoms with Gasteiger partial charge in [0.15, 0.2) is 17.4 Å². The molecule has 1 aromatic heterocycles. The SMILES string of the molecule is CCCCN(CCC[N+](C)(C)C)C(=O)CN1C[C@H](c2cc(CO)c3c(c2)OCO3)[C@@H](C(=O)O)[C@@H]1CCc1ncc(C)o1. The molecule has 0 saturated carbocycles. The Hall–Kier alpha value is -3.15. The van der Waals surface area contributed by atoms with Crippen molar-refractivity contribution in [1.29, 1.82) is 0 Å². The molecular weight excluding hydrogens is 540 g/mol.